The van der Waals surface area contributed by atoms with E-state index in [2.05, 4.69) is 5.32 Å². The molecular formula is C19H20ClNO4. The van der Waals surface area contributed by atoms with Crippen LogP contribution < -0.4 is 5.32 Å². The number of carbonyl (C=O) groups is 2. The molecule has 132 valence electrons. The lowest BCUT2D eigenvalue weighted by Gasteiger charge is -2.07. The highest BCUT2D eigenvalue weighted by Gasteiger charge is 2.10. The quantitative estimate of drug-likeness (QED) is 0.734. The van der Waals surface area contributed by atoms with Crippen molar-refractivity contribution in [3.63, 3.8) is 0 Å². The van der Waals surface area contributed by atoms with E-state index in [4.69, 9.17) is 21.1 Å². The van der Waals surface area contributed by atoms with Crippen molar-refractivity contribution in [1.29, 1.82) is 0 Å². The Kier molecular flexibility index (Phi) is 7.44. The maximum absolute atomic E-state index is 11.9. The summed E-state index contributed by atoms with van der Waals surface area (Å²) < 4.78 is 10.0. The number of esters is 1. The minimum Gasteiger partial charge on any atom is -0.452 e. The zero-order valence-corrected chi connectivity index (χ0v) is 14.7. The van der Waals surface area contributed by atoms with E-state index in [-0.39, 0.29) is 12.5 Å². The molecule has 25 heavy (non-hydrogen) atoms. The predicted molar refractivity (Wildman–Crippen MR) is 95.6 cm³/mol. The molecule has 0 atom stereocenters. The van der Waals surface area contributed by atoms with Gasteiger partial charge >= 0.3 is 5.97 Å². The number of carbonyl (C=O) groups excluding carboxylic acids is 2. The summed E-state index contributed by atoms with van der Waals surface area (Å²) in [5, 5.41) is 3.39. The fourth-order valence-electron chi connectivity index (χ4n) is 2.17. The summed E-state index contributed by atoms with van der Waals surface area (Å²) in [7, 11) is 1.60. The molecule has 0 aliphatic carbocycles. The van der Waals surface area contributed by atoms with Gasteiger partial charge in [-0.05, 0) is 41.8 Å². The highest BCUT2D eigenvalue weighted by Crippen LogP contribution is 2.09. The van der Waals surface area contributed by atoms with E-state index in [0.29, 0.717) is 30.2 Å². The monoisotopic (exact) mass is 361 g/mol. The van der Waals surface area contributed by atoms with Crippen molar-refractivity contribution in [3.05, 3.63) is 70.2 Å². The molecule has 0 saturated heterocycles. The Morgan fingerprint density at radius 3 is 2.28 bits per heavy atom. The van der Waals surface area contributed by atoms with Crippen LogP contribution in [-0.2, 0) is 27.3 Å². The maximum Gasteiger partial charge on any atom is 0.338 e. The van der Waals surface area contributed by atoms with Crippen molar-refractivity contribution >= 4 is 23.5 Å². The first-order valence-electron chi connectivity index (χ1n) is 7.84. The van der Waals surface area contributed by atoms with E-state index in [1.165, 1.54) is 0 Å². The Hall–Kier alpha value is -2.37. The van der Waals surface area contributed by atoms with Crippen molar-refractivity contribution in [1.82, 2.24) is 5.32 Å². The fourth-order valence-corrected chi connectivity index (χ4v) is 2.29. The van der Waals surface area contributed by atoms with Gasteiger partial charge in [-0.25, -0.2) is 4.79 Å². The molecule has 0 heterocycles. The molecule has 5 nitrogen and oxygen atoms in total. The summed E-state index contributed by atoms with van der Waals surface area (Å²) in [6.45, 7) is 0.633. The summed E-state index contributed by atoms with van der Waals surface area (Å²) in [6.07, 6.45) is 0.678. The van der Waals surface area contributed by atoms with Crippen LogP contribution in [-0.4, -0.2) is 32.1 Å². The molecular weight excluding hydrogens is 342 g/mol. The number of rotatable bonds is 8. The van der Waals surface area contributed by atoms with Crippen LogP contribution in [0.3, 0.4) is 0 Å². The number of benzene rings is 2. The second-order valence-electron chi connectivity index (χ2n) is 5.43. The smallest absolute Gasteiger partial charge is 0.338 e. The van der Waals surface area contributed by atoms with Crippen molar-refractivity contribution < 1.29 is 19.1 Å². The molecule has 6 heteroatoms. The first kappa shape index (κ1) is 19.0. The number of methoxy groups -OCH3 is 1. The lowest BCUT2D eigenvalue weighted by Crippen LogP contribution is -2.30. The topological polar surface area (TPSA) is 64.6 Å². The molecule has 0 aromatic heterocycles. The van der Waals surface area contributed by atoms with E-state index in [9.17, 15) is 9.59 Å². The number of hydrogen-bond donors (Lipinski definition) is 1. The first-order chi connectivity index (χ1) is 12.1. The molecule has 0 saturated carbocycles. The van der Waals surface area contributed by atoms with Crippen LogP contribution in [0.15, 0.2) is 48.5 Å². The van der Waals surface area contributed by atoms with Crippen LogP contribution in [0.5, 0.6) is 0 Å². The second kappa shape index (κ2) is 9.81. The Labute approximate surface area is 151 Å². The summed E-state index contributed by atoms with van der Waals surface area (Å²) in [5.41, 5.74) is 2.42. The van der Waals surface area contributed by atoms with Crippen LogP contribution in [0.25, 0.3) is 0 Å². The molecule has 0 spiro atoms. The SMILES string of the molecule is COCc1ccc(C(=O)OCC(=O)NCCc2ccc(Cl)cc2)cc1. The van der Waals surface area contributed by atoms with Gasteiger partial charge in [0.2, 0.25) is 0 Å². The summed E-state index contributed by atoms with van der Waals surface area (Å²) in [5.74, 6) is -0.866. The Bertz CT molecular complexity index is 698. The third-order valence-electron chi connectivity index (χ3n) is 3.48. The van der Waals surface area contributed by atoms with Gasteiger partial charge in [-0.2, -0.15) is 0 Å². The second-order valence-corrected chi connectivity index (χ2v) is 5.87. The molecule has 0 aliphatic rings. The molecule has 2 aromatic carbocycles. The first-order valence-corrected chi connectivity index (χ1v) is 8.22. The molecule has 0 radical (unpaired) electrons. The van der Waals surface area contributed by atoms with Gasteiger partial charge in [0, 0.05) is 18.7 Å². The molecule has 1 amide bonds. The van der Waals surface area contributed by atoms with Crippen LogP contribution in [0, 0.1) is 0 Å². The predicted octanol–water partition coefficient (Wildman–Crippen LogP) is 3.00. The lowest BCUT2D eigenvalue weighted by atomic mass is 10.1. The van der Waals surface area contributed by atoms with Gasteiger partial charge in [-0.15, -0.1) is 0 Å². The highest BCUT2D eigenvalue weighted by atomic mass is 35.5. The van der Waals surface area contributed by atoms with E-state index in [1.54, 1.807) is 43.5 Å². The standard InChI is InChI=1S/C19H20ClNO4/c1-24-12-15-2-6-16(7-3-15)19(23)25-13-18(22)21-11-10-14-4-8-17(20)9-5-14/h2-9H,10-13H2,1H3,(H,21,22). The number of halogens is 1. The van der Waals surface area contributed by atoms with Crippen LogP contribution in [0.1, 0.15) is 21.5 Å². The molecule has 0 bridgehead atoms. The van der Waals surface area contributed by atoms with Crippen molar-refractivity contribution in [2.45, 2.75) is 13.0 Å². The van der Waals surface area contributed by atoms with E-state index in [0.717, 1.165) is 11.1 Å². The normalized spacial score (nSPS) is 10.3. The van der Waals surface area contributed by atoms with Gasteiger partial charge in [0.1, 0.15) is 0 Å². The summed E-state index contributed by atoms with van der Waals surface area (Å²) in [6, 6.07) is 14.3. The number of amides is 1. The van der Waals surface area contributed by atoms with Gasteiger partial charge in [0.05, 0.1) is 12.2 Å². The van der Waals surface area contributed by atoms with Crippen molar-refractivity contribution in [3.8, 4) is 0 Å². The third-order valence-corrected chi connectivity index (χ3v) is 3.74. The van der Waals surface area contributed by atoms with Gasteiger partial charge in [0.25, 0.3) is 5.91 Å². The largest absolute Gasteiger partial charge is 0.452 e. The molecule has 2 rings (SSSR count). The van der Waals surface area contributed by atoms with Crippen LogP contribution in [0.2, 0.25) is 5.02 Å². The minimum absolute atomic E-state index is 0.306. The number of ether oxygens (including phenoxy) is 2. The van der Waals surface area contributed by atoms with Gasteiger partial charge < -0.3 is 14.8 Å². The Morgan fingerprint density at radius 1 is 1.00 bits per heavy atom. The number of nitrogens with one attached hydrogen (secondary N) is 1. The zero-order valence-electron chi connectivity index (χ0n) is 14.0. The van der Waals surface area contributed by atoms with Gasteiger partial charge in [-0.1, -0.05) is 35.9 Å². The number of hydrogen-bond acceptors (Lipinski definition) is 4. The summed E-state index contributed by atoms with van der Waals surface area (Å²) in [4.78, 5) is 23.6. The molecule has 0 fully saturated rings. The molecule has 1 N–H and O–H groups in total. The van der Waals surface area contributed by atoms with E-state index < -0.39 is 5.97 Å². The fraction of sp³-hybridized carbons (Fsp3) is 0.263. The third kappa shape index (κ3) is 6.57. The zero-order chi connectivity index (χ0) is 18.1. The van der Waals surface area contributed by atoms with Crippen molar-refractivity contribution in [2.75, 3.05) is 20.3 Å². The highest BCUT2D eigenvalue weighted by molar-refractivity contribution is 6.30. The van der Waals surface area contributed by atoms with E-state index >= 15 is 0 Å². The van der Waals surface area contributed by atoms with Crippen molar-refractivity contribution in [2.24, 2.45) is 0 Å². The maximum atomic E-state index is 11.9. The molecule has 2 aromatic rings. The minimum atomic E-state index is -0.531. The van der Waals surface area contributed by atoms with Gasteiger partial charge in [0.15, 0.2) is 6.61 Å². The molecule has 0 aliphatic heterocycles. The molecule has 0 unspecified atom stereocenters. The average Bonchev–Trinajstić information content (AvgIpc) is 2.62. The Balaban J connectivity index is 1.70. The van der Waals surface area contributed by atoms with Crippen LogP contribution >= 0.6 is 11.6 Å². The average molecular weight is 362 g/mol. The van der Waals surface area contributed by atoms with Crippen LogP contribution in [0.4, 0.5) is 0 Å². The van der Waals surface area contributed by atoms with Gasteiger partial charge in [-0.3, -0.25) is 4.79 Å². The summed E-state index contributed by atoms with van der Waals surface area (Å²) >= 11 is 5.82. The van der Waals surface area contributed by atoms with E-state index in [1.807, 2.05) is 12.1 Å². The lowest BCUT2D eigenvalue weighted by molar-refractivity contribution is -0.124. The Morgan fingerprint density at radius 2 is 1.64 bits per heavy atom.